The van der Waals surface area contributed by atoms with Crippen molar-refractivity contribution < 1.29 is 9.21 Å². The molecule has 8 heteroatoms. The number of furan rings is 1. The van der Waals surface area contributed by atoms with Crippen molar-refractivity contribution in [2.45, 2.75) is 23.5 Å². The molecule has 1 amide bonds. The number of carbonyl (C=O) groups excluding carboxylic acids is 1. The topological polar surface area (TPSA) is 64.2 Å². The molecular formula is C24H22N4O2S2. The minimum Gasteiger partial charge on any atom is -0.469 e. The lowest BCUT2D eigenvalue weighted by molar-refractivity contribution is -0.116. The van der Waals surface area contributed by atoms with Gasteiger partial charge in [0, 0.05) is 17.2 Å². The number of aryl methyl sites for hydroxylation is 1. The summed E-state index contributed by atoms with van der Waals surface area (Å²) < 4.78 is 7.55. The first-order valence-corrected chi connectivity index (χ1v) is 12.3. The third kappa shape index (κ3) is 4.20. The van der Waals surface area contributed by atoms with Crippen LogP contribution < -0.4 is 4.90 Å². The van der Waals surface area contributed by atoms with Crippen LogP contribution in [0.3, 0.4) is 0 Å². The third-order valence-electron chi connectivity index (χ3n) is 5.35. The molecule has 2 aromatic heterocycles. The second-order valence-corrected chi connectivity index (χ2v) is 9.50. The first-order chi connectivity index (χ1) is 15.7. The average molecular weight is 463 g/mol. The van der Waals surface area contributed by atoms with Crippen LogP contribution in [0.1, 0.15) is 11.3 Å². The molecular weight excluding hydrogens is 440 g/mol. The maximum atomic E-state index is 13.1. The first-order valence-electron chi connectivity index (χ1n) is 10.4. The van der Waals surface area contributed by atoms with E-state index in [0.29, 0.717) is 12.3 Å². The number of rotatable bonds is 6. The Hall–Kier alpha value is -2.97. The molecule has 0 unspecified atom stereocenters. The molecule has 2 aromatic carbocycles. The van der Waals surface area contributed by atoms with Gasteiger partial charge in [0.05, 0.1) is 29.8 Å². The molecule has 0 spiro atoms. The molecule has 4 aromatic rings. The molecule has 0 aliphatic carbocycles. The number of aromatic nitrogens is 3. The van der Waals surface area contributed by atoms with E-state index in [1.807, 2.05) is 54.3 Å². The van der Waals surface area contributed by atoms with E-state index in [1.165, 1.54) is 11.8 Å². The van der Waals surface area contributed by atoms with Gasteiger partial charge in [-0.2, -0.15) is 0 Å². The molecule has 0 atom stereocenters. The Bertz CT molecular complexity index is 1240. The largest absolute Gasteiger partial charge is 0.469 e. The van der Waals surface area contributed by atoms with E-state index in [1.54, 1.807) is 18.0 Å². The molecule has 32 heavy (non-hydrogen) atoms. The number of benzene rings is 2. The van der Waals surface area contributed by atoms with E-state index in [0.717, 1.165) is 50.7 Å². The molecule has 3 heterocycles. The van der Waals surface area contributed by atoms with Crippen LogP contribution in [0.25, 0.3) is 11.4 Å². The summed E-state index contributed by atoms with van der Waals surface area (Å²) in [6.07, 6.45) is 1.66. The fourth-order valence-corrected chi connectivity index (χ4v) is 5.56. The van der Waals surface area contributed by atoms with Crippen LogP contribution in [0.2, 0.25) is 0 Å². The maximum Gasteiger partial charge on any atom is 0.237 e. The summed E-state index contributed by atoms with van der Waals surface area (Å²) in [4.78, 5) is 16.2. The van der Waals surface area contributed by atoms with Gasteiger partial charge in [-0.1, -0.05) is 54.2 Å². The van der Waals surface area contributed by atoms with Crippen molar-refractivity contribution in [2.24, 2.45) is 0 Å². The number of carbonyl (C=O) groups is 1. The Labute approximate surface area is 195 Å². The van der Waals surface area contributed by atoms with Gasteiger partial charge in [0.25, 0.3) is 0 Å². The van der Waals surface area contributed by atoms with Crippen LogP contribution in [0.4, 0.5) is 5.69 Å². The monoisotopic (exact) mass is 462 g/mol. The van der Waals surface area contributed by atoms with E-state index in [-0.39, 0.29) is 5.91 Å². The predicted octanol–water partition coefficient (Wildman–Crippen LogP) is 5.13. The minimum atomic E-state index is 0.0815. The smallest absolute Gasteiger partial charge is 0.237 e. The van der Waals surface area contributed by atoms with E-state index in [2.05, 4.69) is 33.0 Å². The summed E-state index contributed by atoms with van der Waals surface area (Å²) in [6.45, 7) is 3.25. The van der Waals surface area contributed by atoms with Crippen molar-refractivity contribution in [1.82, 2.24) is 14.8 Å². The van der Waals surface area contributed by atoms with Crippen LogP contribution in [0.15, 0.2) is 81.4 Å². The summed E-state index contributed by atoms with van der Waals surface area (Å²) in [5.41, 5.74) is 3.05. The average Bonchev–Trinajstić information content (AvgIpc) is 3.43. The quantitative estimate of drug-likeness (QED) is 0.370. The van der Waals surface area contributed by atoms with Gasteiger partial charge in [-0.3, -0.25) is 9.36 Å². The van der Waals surface area contributed by atoms with E-state index >= 15 is 0 Å². The van der Waals surface area contributed by atoms with Gasteiger partial charge >= 0.3 is 0 Å². The highest BCUT2D eigenvalue weighted by Gasteiger charge is 2.24. The number of fused-ring (bicyclic) bond motifs is 1. The molecule has 0 radical (unpaired) electrons. The van der Waals surface area contributed by atoms with Gasteiger partial charge in [0.15, 0.2) is 11.0 Å². The molecule has 0 saturated carbocycles. The fourth-order valence-electron chi connectivity index (χ4n) is 3.75. The van der Waals surface area contributed by atoms with Crippen molar-refractivity contribution in [3.8, 4) is 11.4 Å². The van der Waals surface area contributed by atoms with Crippen molar-refractivity contribution in [3.63, 3.8) is 0 Å². The number of thioether (sulfide) groups is 2. The van der Waals surface area contributed by atoms with E-state index in [4.69, 9.17) is 4.42 Å². The van der Waals surface area contributed by atoms with Crippen LogP contribution >= 0.6 is 23.5 Å². The van der Waals surface area contributed by atoms with Crippen molar-refractivity contribution in [3.05, 3.63) is 78.3 Å². The summed E-state index contributed by atoms with van der Waals surface area (Å²) >= 11 is 3.22. The third-order valence-corrected chi connectivity index (χ3v) is 7.35. The van der Waals surface area contributed by atoms with Gasteiger partial charge < -0.3 is 9.32 Å². The number of hydrogen-bond acceptors (Lipinski definition) is 6. The number of hydrogen-bond donors (Lipinski definition) is 0. The SMILES string of the molecule is Cc1occc1-c1nnc(SCC(=O)N2CCSc3ccccc32)n1Cc1ccccc1. The highest BCUT2D eigenvalue weighted by atomic mass is 32.2. The molecule has 0 N–H and O–H groups in total. The van der Waals surface area contributed by atoms with Gasteiger partial charge in [0.2, 0.25) is 5.91 Å². The zero-order valence-electron chi connectivity index (χ0n) is 17.6. The fraction of sp³-hybridized carbons (Fsp3) is 0.208. The van der Waals surface area contributed by atoms with E-state index in [9.17, 15) is 4.79 Å². The maximum absolute atomic E-state index is 13.1. The molecule has 0 saturated heterocycles. The van der Waals surface area contributed by atoms with Crippen molar-refractivity contribution in [1.29, 1.82) is 0 Å². The molecule has 0 fully saturated rings. The van der Waals surface area contributed by atoms with Gasteiger partial charge in [0.1, 0.15) is 5.76 Å². The molecule has 1 aliphatic heterocycles. The number of amides is 1. The molecule has 5 rings (SSSR count). The number of nitrogens with zero attached hydrogens (tertiary/aromatic N) is 4. The summed E-state index contributed by atoms with van der Waals surface area (Å²) in [6, 6.07) is 20.2. The van der Waals surface area contributed by atoms with Gasteiger partial charge in [-0.05, 0) is 30.7 Å². The Morgan fingerprint density at radius 2 is 1.91 bits per heavy atom. The van der Waals surface area contributed by atoms with Crippen molar-refractivity contribution in [2.75, 3.05) is 23.0 Å². The first kappa shape index (κ1) is 20.9. The standard InChI is InChI=1S/C24H22N4O2S2/c1-17-19(11-13-30-17)23-25-26-24(28(23)15-18-7-3-2-4-8-18)32-16-22(29)27-12-14-31-21-10-6-5-9-20(21)27/h2-11,13H,12,14-16H2,1H3. The zero-order valence-corrected chi connectivity index (χ0v) is 19.2. The van der Waals surface area contributed by atoms with Crippen LogP contribution in [-0.2, 0) is 11.3 Å². The summed E-state index contributed by atoms with van der Waals surface area (Å²) in [5.74, 6) is 2.83. The molecule has 162 valence electrons. The summed E-state index contributed by atoms with van der Waals surface area (Å²) in [5, 5.41) is 9.60. The zero-order chi connectivity index (χ0) is 21.9. The van der Waals surface area contributed by atoms with Crippen LogP contribution in [0.5, 0.6) is 0 Å². The highest BCUT2D eigenvalue weighted by Crippen LogP contribution is 2.35. The normalized spacial score (nSPS) is 13.2. The summed E-state index contributed by atoms with van der Waals surface area (Å²) in [7, 11) is 0. The lowest BCUT2D eigenvalue weighted by atomic mass is 10.2. The second kappa shape index (κ2) is 9.26. The number of para-hydroxylation sites is 1. The van der Waals surface area contributed by atoms with Crippen LogP contribution in [0, 0.1) is 6.92 Å². The van der Waals surface area contributed by atoms with Gasteiger partial charge in [-0.15, -0.1) is 22.0 Å². The van der Waals surface area contributed by atoms with Crippen molar-refractivity contribution >= 4 is 35.1 Å². The Morgan fingerprint density at radius 1 is 1.09 bits per heavy atom. The molecule has 1 aliphatic rings. The Balaban J connectivity index is 1.40. The lowest BCUT2D eigenvalue weighted by Gasteiger charge is -2.28. The van der Waals surface area contributed by atoms with Gasteiger partial charge in [-0.25, -0.2) is 0 Å². The lowest BCUT2D eigenvalue weighted by Crippen LogP contribution is -2.36. The Kier molecular flexibility index (Phi) is 6.05. The minimum absolute atomic E-state index is 0.0815. The molecule has 6 nitrogen and oxygen atoms in total. The second-order valence-electron chi connectivity index (χ2n) is 7.42. The number of anilines is 1. The Morgan fingerprint density at radius 3 is 2.72 bits per heavy atom. The predicted molar refractivity (Wildman–Crippen MR) is 128 cm³/mol. The highest BCUT2D eigenvalue weighted by molar-refractivity contribution is 8.00. The van der Waals surface area contributed by atoms with Crippen LogP contribution in [-0.4, -0.2) is 38.7 Å². The van der Waals surface area contributed by atoms with E-state index < -0.39 is 0 Å². The molecule has 0 bridgehead atoms.